The first-order valence-electron chi connectivity index (χ1n) is 5.07. The van der Waals surface area contributed by atoms with E-state index in [1.807, 2.05) is 6.92 Å². The van der Waals surface area contributed by atoms with Crippen molar-refractivity contribution in [1.82, 2.24) is 0 Å². The number of benzene rings is 1. The molecule has 0 aliphatic carbocycles. The second kappa shape index (κ2) is 5.82. The third kappa shape index (κ3) is 3.66. The predicted octanol–water partition coefficient (Wildman–Crippen LogP) is 2.01. The Kier molecular flexibility index (Phi) is 4.41. The number of hydrogen-bond donors (Lipinski definition) is 1. The number of ether oxygens (including phenoxy) is 1. The zero-order chi connectivity index (χ0) is 12.0. The van der Waals surface area contributed by atoms with Crippen molar-refractivity contribution in [2.45, 2.75) is 20.3 Å². The zero-order valence-corrected chi connectivity index (χ0v) is 9.41. The summed E-state index contributed by atoms with van der Waals surface area (Å²) < 4.78 is 4.73. The molecule has 1 aromatic carbocycles. The Morgan fingerprint density at radius 1 is 1.50 bits per heavy atom. The summed E-state index contributed by atoms with van der Waals surface area (Å²) in [7, 11) is 0. The van der Waals surface area contributed by atoms with Crippen LogP contribution in [0.1, 0.15) is 24.5 Å². The SMILES string of the molecule is CCOC(=O)CC#Cc1ccc(C)c(O)c1. The highest BCUT2D eigenvalue weighted by Gasteiger charge is 1.97. The lowest BCUT2D eigenvalue weighted by Crippen LogP contribution is -2.01. The Labute approximate surface area is 95.1 Å². The number of hydrogen-bond acceptors (Lipinski definition) is 3. The van der Waals surface area contributed by atoms with Crippen LogP contribution >= 0.6 is 0 Å². The monoisotopic (exact) mass is 218 g/mol. The van der Waals surface area contributed by atoms with Crippen molar-refractivity contribution in [2.24, 2.45) is 0 Å². The topological polar surface area (TPSA) is 46.5 Å². The maximum atomic E-state index is 11.0. The maximum Gasteiger partial charge on any atom is 0.317 e. The summed E-state index contributed by atoms with van der Waals surface area (Å²) in [5.74, 6) is 5.37. The number of rotatable bonds is 2. The first-order valence-corrected chi connectivity index (χ1v) is 5.07. The van der Waals surface area contributed by atoms with E-state index in [1.54, 1.807) is 25.1 Å². The van der Waals surface area contributed by atoms with Crippen molar-refractivity contribution < 1.29 is 14.6 Å². The van der Waals surface area contributed by atoms with Gasteiger partial charge in [-0.25, -0.2) is 0 Å². The summed E-state index contributed by atoms with van der Waals surface area (Å²) >= 11 is 0. The molecule has 0 atom stereocenters. The van der Waals surface area contributed by atoms with Crippen LogP contribution in [0.4, 0.5) is 0 Å². The summed E-state index contributed by atoms with van der Waals surface area (Å²) in [4.78, 5) is 11.0. The fraction of sp³-hybridized carbons (Fsp3) is 0.308. The van der Waals surface area contributed by atoms with Crippen LogP contribution in [-0.2, 0) is 9.53 Å². The Morgan fingerprint density at radius 2 is 2.25 bits per heavy atom. The van der Waals surface area contributed by atoms with E-state index in [4.69, 9.17) is 4.74 Å². The van der Waals surface area contributed by atoms with Crippen LogP contribution in [0.3, 0.4) is 0 Å². The van der Waals surface area contributed by atoms with Crippen molar-refractivity contribution in [3.05, 3.63) is 29.3 Å². The molecule has 0 saturated carbocycles. The van der Waals surface area contributed by atoms with Crippen LogP contribution in [0.2, 0.25) is 0 Å². The molecule has 3 nitrogen and oxygen atoms in total. The van der Waals surface area contributed by atoms with Crippen LogP contribution in [0.15, 0.2) is 18.2 Å². The Balaban J connectivity index is 2.63. The normalized spacial score (nSPS) is 9.12. The van der Waals surface area contributed by atoms with Crippen LogP contribution in [0.25, 0.3) is 0 Å². The molecule has 16 heavy (non-hydrogen) atoms. The molecule has 3 heteroatoms. The Hall–Kier alpha value is -1.95. The van der Waals surface area contributed by atoms with E-state index in [9.17, 15) is 9.90 Å². The van der Waals surface area contributed by atoms with Gasteiger partial charge in [-0.05, 0) is 31.5 Å². The standard InChI is InChI=1S/C13H14O3/c1-3-16-13(15)6-4-5-11-8-7-10(2)12(14)9-11/h7-9,14H,3,6H2,1-2H3. The quantitative estimate of drug-likeness (QED) is 0.610. The van der Waals surface area contributed by atoms with Gasteiger partial charge in [-0.1, -0.05) is 17.9 Å². The molecule has 0 aliphatic heterocycles. The lowest BCUT2D eigenvalue weighted by atomic mass is 10.1. The van der Waals surface area contributed by atoms with Gasteiger partial charge in [0.2, 0.25) is 0 Å². The van der Waals surface area contributed by atoms with E-state index in [0.717, 1.165) is 5.56 Å². The van der Waals surface area contributed by atoms with Crippen molar-refractivity contribution >= 4 is 5.97 Å². The summed E-state index contributed by atoms with van der Waals surface area (Å²) in [5, 5.41) is 9.43. The number of aryl methyl sites for hydroxylation is 1. The zero-order valence-electron chi connectivity index (χ0n) is 9.41. The molecule has 0 unspecified atom stereocenters. The summed E-state index contributed by atoms with van der Waals surface area (Å²) in [5.41, 5.74) is 1.49. The molecular weight excluding hydrogens is 204 g/mol. The number of carbonyl (C=O) groups is 1. The minimum atomic E-state index is -0.327. The van der Waals surface area contributed by atoms with Gasteiger partial charge in [0, 0.05) is 5.56 Å². The molecule has 0 heterocycles. The molecular formula is C13H14O3. The van der Waals surface area contributed by atoms with Gasteiger partial charge in [0.05, 0.1) is 6.61 Å². The maximum absolute atomic E-state index is 11.0. The molecule has 1 N–H and O–H groups in total. The highest BCUT2D eigenvalue weighted by molar-refractivity contribution is 5.72. The molecule has 0 bridgehead atoms. The first-order chi connectivity index (χ1) is 7.63. The smallest absolute Gasteiger partial charge is 0.317 e. The van der Waals surface area contributed by atoms with Gasteiger partial charge < -0.3 is 9.84 Å². The van der Waals surface area contributed by atoms with Crippen LogP contribution in [-0.4, -0.2) is 17.7 Å². The van der Waals surface area contributed by atoms with E-state index in [1.165, 1.54) is 0 Å². The molecule has 0 spiro atoms. The molecule has 0 saturated heterocycles. The number of esters is 1. The van der Waals surface area contributed by atoms with E-state index >= 15 is 0 Å². The lowest BCUT2D eigenvalue weighted by molar-refractivity contribution is -0.141. The number of aromatic hydroxyl groups is 1. The summed E-state index contributed by atoms with van der Waals surface area (Å²) in [6, 6.07) is 5.16. The number of carbonyl (C=O) groups excluding carboxylic acids is 1. The average Bonchev–Trinajstić information content (AvgIpc) is 2.24. The third-order valence-electron chi connectivity index (χ3n) is 1.98. The fourth-order valence-corrected chi connectivity index (χ4v) is 1.12. The number of phenolic OH excluding ortho intramolecular Hbond substituents is 1. The molecule has 1 aromatic rings. The van der Waals surface area contributed by atoms with Crippen molar-refractivity contribution in [3.8, 4) is 17.6 Å². The van der Waals surface area contributed by atoms with E-state index in [-0.39, 0.29) is 18.1 Å². The summed E-state index contributed by atoms with van der Waals surface area (Å²) in [6.07, 6.45) is 0.0719. The van der Waals surface area contributed by atoms with Gasteiger partial charge >= 0.3 is 5.97 Å². The molecule has 84 valence electrons. The van der Waals surface area contributed by atoms with E-state index < -0.39 is 0 Å². The molecule has 0 amide bonds. The van der Waals surface area contributed by atoms with Gasteiger partial charge in [0.25, 0.3) is 0 Å². The van der Waals surface area contributed by atoms with Gasteiger partial charge in [-0.15, -0.1) is 0 Å². The van der Waals surface area contributed by atoms with Crippen LogP contribution in [0.5, 0.6) is 5.75 Å². The summed E-state index contributed by atoms with van der Waals surface area (Å²) in [6.45, 7) is 3.93. The second-order valence-electron chi connectivity index (χ2n) is 3.28. The van der Waals surface area contributed by atoms with Gasteiger partial charge in [0.1, 0.15) is 12.2 Å². The van der Waals surface area contributed by atoms with Crippen molar-refractivity contribution in [2.75, 3.05) is 6.61 Å². The first kappa shape index (κ1) is 12.1. The van der Waals surface area contributed by atoms with Crippen molar-refractivity contribution in [1.29, 1.82) is 0 Å². The Bertz CT molecular complexity index is 438. The molecule has 0 aliphatic rings. The predicted molar refractivity (Wildman–Crippen MR) is 61.0 cm³/mol. The lowest BCUT2D eigenvalue weighted by Gasteiger charge is -1.97. The molecule has 0 aromatic heterocycles. The second-order valence-corrected chi connectivity index (χ2v) is 3.28. The Morgan fingerprint density at radius 3 is 2.88 bits per heavy atom. The van der Waals surface area contributed by atoms with Gasteiger partial charge in [0.15, 0.2) is 0 Å². The van der Waals surface area contributed by atoms with Crippen molar-refractivity contribution in [3.63, 3.8) is 0 Å². The third-order valence-corrected chi connectivity index (χ3v) is 1.98. The minimum Gasteiger partial charge on any atom is -0.508 e. The largest absolute Gasteiger partial charge is 0.508 e. The van der Waals surface area contributed by atoms with Crippen LogP contribution < -0.4 is 0 Å². The average molecular weight is 218 g/mol. The number of phenols is 1. The van der Waals surface area contributed by atoms with Gasteiger partial charge in [-0.2, -0.15) is 0 Å². The van der Waals surface area contributed by atoms with E-state index in [0.29, 0.717) is 12.2 Å². The van der Waals surface area contributed by atoms with Crippen LogP contribution in [0, 0.1) is 18.8 Å². The highest BCUT2D eigenvalue weighted by atomic mass is 16.5. The van der Waals surface area contributed by atoms with Gasteiger partial charge in [-0.3, -0.25) is 4.79 Å². The minimum absolute atomic E-state index is 0.0719. The molecule has 1 rings (SSSR count). The fourth-order valence-electron chi connectivity index (χ4n) is 1.12. The molecule has 0 fully saturated rings. The molecule has 0 radical (unpaired) electrons. The van der Waals surface area contributed by atoms with E-state index in [2.05, 4.69) is 11.8 Å². The highest BCUT2D eigenvalue weighted by Crippen LogP contribution is 2.16.